The highest BCUT2D eigenvalue weighted by molar-refractivity contribution is 7.89. The van der Waals surface area contributed by atoms with Gasteiger partial charge in [0.15, 0.2) is 0 Å². The van der Waals surface area contributed by atoms with Crippen molar-refractivity contribution in [3.05, 3.63) is 96.1 Å². The zero-order valence-corrected chi connectivity index (χ0v) is 26.8. The molecule has 1 atom stereocenters. The second-order valence-electron chi connectivity index (χ2n) is 12.8. The molecule has 1 saturated carbocycles. The average Bonchev–Trinajstić information content (AvgIpc) is 3.62. The number of likely N-dealkylation sites (N-methyl/N-ethyl adjacent to an activating group) is 1. The van der Waals surface area contributed by atoms with Crippen molar-refractivity contribution < 1.29 is 22.1 Å². The molecule has 3 aromatic carbocycles. The van der Waals surface area contributed by atoms with Crippen LogP contribution in [-0.2, 0) is 10.0 Å². The Hall–Kier alpha value is -4.02. The molecule has 0 unspecified atom stereocenters. The molecule has 46 heavy (non-hydrogen) atoms. The molecule has 0 N–H and O–H groups in total. The number of likely N-dealkylation sites (tertiary alicyclic amines) is 1. The number of fused-ring (bicyclic) bond motifs is 1. The lowest BCUT2D eigenvalue weighted by Crippen LogP contribution is -2.46. The largest absolute Gasteiger partial charge is 0.351 e. The molecule has 3 aliphatic rings. The van der Waals surface area contributed by atoms with E-state index in [1.807, 2.05) is 36.4 Å². The zero-order chi connectivity index (χ0) is 31.8. The summed E-state index contributed by atoms with van der Waals surface area (Å²) in [6, 6.07) is 21.6. The molecule has 4 aromatic rings. The molecule has 8 nitrogen and oxygen atoms in total. The Bertz CT molecular complexity index is 1780. The summed E-state index contributed by atoms with van der Waals surface area (Å²) in [7, 11) is -2.14. The summed E-state index contributed by atoms with van der Waals surface area (Å²) in [6.07, 6.45) is 8.30. The maximum absolute atomic E-state index is 14.6. The van der Waals surface area contributed by atoms with E-state index in [0.29, 0.717) is 38.2 Å². The minimum atomic E-state index is -3.88. The summed E-state index contributed by atoms with van der Waals surface area (Å²) in [5.41, 5.74) is 4.16. The zero-order valence-electron chi connectivity index (χ0n) is 26.0. The summed E-state index contributed by atoms with van der Waals surface area (Å²) in [6.45, 7) is 1.60. The van der Waals surface area contributed by atoms with Gasteiger partial charge in [0, 0.05) is 44.5 Å². The molecule has 1 amide bonds. The number of piperidine rings is 1. The fraction of sp³-hybridized carbons (Fsp3) is 0.389. The highest BCUT2D eigenvalue weighted by Gasteiger charge is 2.42. The molecule has 1 aromatic heterocycles. The van der Waals surface area contributed by atoms with Crippen LogP contribution in [0.25, 0.3) is 11.1 Å². The quantitative estimate of drug-likeness (QED) is 0.229. The Kier molecular flexibility index (Phi) is 8.42. The first kappa shape index (κ1) is 30.6. The highest BCUT2D eigenvalue weighted by Crippen LogP contribution is 2.46. The fourth-order valence-corrected chi connectivity index (χ4v) is 9.25. The fourth-order valence-electron chi connectivity index (χ4n) is 7.65. The van der Waals surface area contributed by atoms with Crippen molar-refractivity contribution in [1.82, 2.24) is 14.4 Å². The van der Waals surface area contributed by atoms with E-state index in [0.717, 1.165) is 48.1 Å². The van der Waals surface area contributed by atoms with Crippen molar-refractivity contribution in [3.8, 4) is 11.1 Å². The Morgan fingerprint density at radius 3 is 2.30 bits per heavy atom. The summed E-state index contributed by atoms with van der Waals surface area (Å²) < 4.78 is 50.0. The maximum Gasteiger partial charge on any atom is 0.292 e. The van der Waals surface area contributed by atoms with Crippen molar-refractivity contribution in [2.45, 2.75) is 61.8 Å². The molecule has 7 rings (SSSR count). The van der Waals surface area contributed by atoms with Gasteiger partial charge in [0.05, 0.1) is 11.9 Å². The van der Waals surface area contributed by atoms with E-state index in [2.05, 4.69) is 16.1 Å². The number of nitrogens with zero attached hydrogens (tertiary/aromatic N) is 4. The van der Waals surface area contributed by atoms with Gasteiger partial charge in [0.1, 0.15) is 10.7 Å². The van der Waals surface area contributed by atoms with Gasteiger partial charge in [-0.2, -0.15) is 4.31 Å². The van der Waals surface area contributed by atoms with Gasteiger partial charge in [-0.05, 0) is 90.6 Å². The van der Waals surface area contributed by atoms with Crippen LogP contribution in [0.4, 0.5) is 15.8 Å². The van der Waals surface area contributed by atoms with E-state index in [1.165, 1.54) is 24.8 Å². The van der Waals surface area contributed by atoms with Crippen molar-refractivity contribution in [1.29, 1.82) is 0 Å². The van der Waals surface area contributed by atoms with Gasteiger partial charge >= 0.3 is 0 Å². The molecule has 2 fully saturated rings. The molecule has 240 valence electrons. The van der Waals surface area contributed by atoms with Crippen LogP contribution in [0.1, 0.15) is 67.0 Å². The average molecular weight is 643 g/mol. The lowest BCUT2D eigenvalue weighted by atomic mass is 9.83. The van der Waals surface area contributed by atoms with Crippen molar-refractivity contribution in [3.63, 3.8) is 0 Å². The Labute approximate surface area is 269 Å². The molecule has 0 spiro atoms. The molecule has 0 radical (unpaired) electrons. The molecular formula is C36H39FN4O4S. The number of sulfonamides is 1. The maximum atomic E-state index is 14.6. The second-order valence-corrected chi connectivity index (χ2v) is 14.8. The third-order valence-corrected chi connectivity index (χ3v) is 12.1. The third kappa shape index (κ3) is 5.73. The molecule has 1 saturated heterocycles. The number of halogens is 1. The highest BCUT2D eigenvalue weighted by atomic mass is 32.2. The Morgan fingerprint density at radius 2 is 1.63 bits per heavy atom. The van der Waals surface area contributed by atoms with Gasteiger partial charge in [-0.25, -0.2) is 12.8 Å². The summed E-state index contributed by atoms with van der Waals surface area (Å²) in [5, 5.41) is 3.68. The standard InChI is InChI=1S/C36H39FN4O4S/c1-39-33(27-8-4-2-5-9-27)24-41(29-10-6-3-7-11-29)32-22-30(26-17-20-40(21-18-26)36(42)34-16-19-38-45-34)31(23-35(32)46(39,43)44)25-12-14-28(37)15-13-25/h3,6-7,10-16,19,22-23,26-27,33H,2,4-5,8-9,17-18,20-21,24H2,1H3/t33-/m0/s1. The van der Waals surface area contributed by atoms with Gasteiger partial charge in [-0.1, -0.05) is 54.8 Å². The number of para-hydroxylation sites is 1. The van der Waals surface area contributed by atoms with E-state index in [9.17, 15) is 17.6 Å². The minimum Gasteiger partial charge on any atom is -0.351 e. The van der Waals surface area contributed by atoms with Crippen LogP contribution >= 0.6 is 0 Å². The summed E-state index contributed by atoms with van der Waals surface area (Å²) in [5.74, 6) is 0.0127. The van der Waals surface area contributed by atoms with Gasteiger partial charge in [0.2, 0.25) is 15.8 Å². The van der Waals surface area contributed by atoms with Crippen molar-refractivity contribution >= 4 is 27.3 Å². The first-order valence-corrected chi connectivity index (χ1v) is 17.7. The number of rotatable bonds is 5. The number of benzene rings is 3. The van der Waals surface area contributed by atoms with Crippen LogP contribution < -0.4 is 4.90 Å². The number of anilines is 2. The lowest BCUT2D eigenvalue weighted by Gasteiger charge is -2.37. The summed E-state index contributed by atoms with van der Waals surface area (Å²) >= 11 is 0. The SMILES string of the molecule is CN1[C@H](C2CCCCC2)CN(c2ccccc2)c2cc(C3CCN(C(=O)c4ccno4)CC3)c(-c3ccc(F)cc3)cc2S1(=O)=O. The van der Waals surface area contributed by atoms with Crippen LogP contribution in [-0.4, -0.2) is 61.4 Å². The third-order valence-electron chi connectivity index (χ3n) is 10.2. The second kappa shape index (κ2) is 12.6. The van der Waals surface area contributed by atoms with Crippen LogP contribution in [0.2, 0.25) is 0 Å². The monoisotopic (exact) mass is 642 g/mol. The topological polar surface area (TPSA) is 87.0 Å². The minimum absolute atomic E-state index is 0.0552. The molecule has 2 aliphatic heterocycles. The molecular weight excluding hydrogens is 603 g/mol. The van der Waals surface area contributed by atoms with Gasteiger partial charge in [0.25, 0.3) is 5.91 Å². The number of amides is 1. The van der Waals surface area contributed by atoms with Crippen molar-refractivity contribution in [2.75, 3.05) is 31.6 Å². The van der Waals surface area contributed by atoms with E-state index in [1.54, 1.807) is 34.5 Å². The molecule has 3 heterocycles. The van der Waals surface area contributed by atoms with E-state index < -0.39 is 10.0 Å². The van der Waals surface area contributed by atoms with E-state index in [4.69, 9.17) is 4.52 Å². The van der Waals surface area contributed by atoms with Crippen LogP contribution in [0.3, 0.4) is 0 Å². The predicted molar refractivity (Wildman–Crippen MR) is 175 cm³/mol. The smallest absolute Gasteiger partial charge is 0.292 e. The molecule has 10 heteroatoms. The first-order valence-electron chi connectivity index (χ1n) is 16.3. The Morgan fingerprint density at radius 1 is 0.913 bits per heavy atom. The first-order chi connectivity index (χ1) is 22.3. The van der Waals surface area contributed by atoms with E-state index in [-0.39, 0.29) is 40.3 Å². The van der Waals surface area contributed by atoms with Crippen LogP contribution in [0.15, 0.2) is 88.4 Å². The number of carbonyl (C=O) groups is 1. The van der Waals surface area contributed by atoms with Gasteiger partial charge < -0.3 is 14.3 Å². The van der Waals surface area contributed by atoms with Crippen molar-refractivity contribution in [2.24, 2.45) is 5.92 Å². The van der Waals surface area contributed by atoms with Gasteiger partial charge in [-0.3, -0.25) is 4.79 Å². The number of hydrogen-bond donors (Lipinski definition) is 0. The van der Waals surface area contributed by atoms with Gasteiger partial charge in [-0.15, -0.1) is 0 Å². The number of hydrogen-bond acceptors (Lipinski definition) is 6. The predicted octanol–water partition coefficient (Wildman–Crippen LogP) is 7.22. The number of aromatic nitrogens is 1. The number of carbonyl (C=O) groups excluding carboxylic acids is 1. The molecule has 0 bridgehead atoms. The Balaban J connectivity index is 1.35. The summed E-state index contributed by atoms with van der Waals surface area (Å²) in [4.78, 5) is 17.2. The van der Waals surface area contributed by atoms with Crippen LogP contribution in [0.5, 0.6) is 0 Å². The van der Waals surface area contributed by atoms with E-state index >= 15 is 0 Å². The lowest BCUT2D eigenvalue weighted by molar-refractivity contribution is 0.0671. The van der Waals surface area contributed by atoms with Crippen LogP contribution in [0, 0.1) is 11.7 Å². The molecule has 1 aliphatic carbocycles. The normalized spacial score (nSPS) is 21.1.